The van der Waals surface area contributed by atoms with Gasteiger partial charge in [0, 0.05) is 0 Å². The number of benzene rings is 1. The molecule has 0 aliphatic heterocycles. The molecule has 1 amide bonds. The number of aromatic nitrogens is 1. The van der Waals surface area contributed by atoms with Gasteiger partial charge in [-0.1, -0.05) is 6.07 Å². The lowest BCUT2D eigenvalue weighted by atomic mass is 10.1. The number of rotatable bonds is 8. The molecule has 0 spiro atoms. The van der Waals surface area contributed by atoms with Gasteiger partial charge in [-0.2, -0.15) is 0 Å². The smallest absolute Gasteiger partial charge is 0.357 e. The van der Waals surface area contributed by atoms with Gasteiger partial charge in [0.2, 0.25) is 5.91 Å². The van der Waals surface area contributed by atoms with Crippen LogP contribution >= 0.6 is 11.3 Å². The minimum Gasteiger partial charge on any atom is -0.755 e. The lowest BCUT2D eigenvalue weighted by Gasteiger charge is -2.25. The first-order chi connectivity index (χ1) is 12.7. The van der Waals surface area contributed by atoms with Gasteiger partial charge in [0.05, 0.1) is 35.4 Å². The van der Waals surface area contributed by atoms with Gasteiger partial charge in [-0.05, 0) is 17.7 Å². The van der Waals surface area contributed by atoms with Crippen LogP contribution in [0.4, 0.5) is 15.1 Å². The molecule has 2 rings (SSSR count). The second-order valence-electron chi connectivity index (χ2n) is 5.08. The lowest BCUT2D eigenvalue weighted by molar-refractivity contribution is -0.120. The summed E-state index contributed by atoms with van der Waals surface area (Å²) in [6, 6.07) is 3.31. The fourth-order valence-corrected chi connectivity index (χ4v) is 3.57. The zero-order valence-electron chi connectivity index (χ0n) is 13.5. The number of aromatic carboxylic acids is 1. The van der Waals surface area contributed by atoms with E-state index in [1.807, 2.05) is 0 Å². The molecule has 1 aromatic heterocycles. The van der Waals surface area contributed by atoms with Gasteiger partial charge in [0.15, 0.2) is 5.69 Å². The van der Waals surface area contributed by atoms with E-state index >= 15 is 0 Å². The van der Waals surface area contributed by atoms with Crippen LogP contribution < -0.4 is 15.4 Å². The summed E-state index contributed by atoms with van der Waals surface area (Å²) in [5.41, 5.74) is 5.61. The van der Waals surface area contributed by atoms with Crippen LogP contribution in [-0.4, -0.2) is 43.1 Å². The van der Waals surface area contributed by atoms with Crippen molar-refractivity contribution in [2.24, 2.45) is 5.73 Å². The van der Waals surface area contributed by atoms with Crippen molar-refractivity contribution < 1.29 is 27.8 Å². The van der Waals surface area contributed by atoms with Crippen molar-refractivity contribution in [3.63, 3.8) is 0 Å². The molecule has 0 aliphatic rings. The van der Waals surface area contributed by atoms with Crippen LogP contribution in [0.15, 0.2) is 23.7 Å². The van der Waals surface area contributed by atoms with Crippen LogP contribution in [0.5, 0.6) is 0 Å². The molecule has 1 aromatic carbocycles. The lowest BCUT2D eigenvalue weighted by Crippen LogP contribution is -2.34. The van der Waals surface area contributed by atoms with Gasteiger partial charge in [0.25, 0.3) is 0 Å². The Morgan fingerprint density at radius 1 is 1.48 bits per heavy atom. The van der Waals surface area contributed by atoms with Crippen LogP contribution in [-0.2, 0) is 22.5 Å². The Hall–Kier alpha value is -2.90. The minimum atomic E-state index is -2.94. The van der Waals surface area contributed by atoms with Gasteiger partial charge in [-0.15, -0.1) is 11.3 Å². The Kier molecular flexibility index (Phi) is 6.55. The Balaban J connectivity index is 2.29. The molecular weight excluding hydrogens is 401 g/mol. The molecule has 1 heterocycles. The van der Waals surface area contributed by atoms with E-state index in [4.69, 9.17) is 16.2 Å². The number of nitrogens with one attached hydrogen (secondary N) is 2. The van der Waals surface area contributed by atoms with Crippen molar-refractivity contribution >= 4 is 51.0 Å². The molecule has 27 heavy (non-hydrogen) atoms. The number of carboxylic acids is 1. The van der Waals surface area contributed by atoms with Crippen molar-refractivity contribution in [1.82, 2.24) is 10.3 Å². The summed E-state index contributed by atoms with van der Waals surface area (Å²) in [7, 11) is 0. The SMILES string of the molecule is N=C(N)CNC(=O)Cc1ccc(N(c2scnc2C(=O)O)S(=O)[O-])cc1F. The summed E-state index contributed by atoms with van der Waals surface area (Å²) in [5, 5.41) is 18.2. The number of thiazole rings is 1. The second kappa shape index (κ2) is 8.66. The van der Waals surface area contributed by atoms with Gasteiger partial charge in [0.1, 0.15) is 16.7 Å². The number of amides is 1. The van der Waals surface area contributed by atoms with E-state index in [1.54, 1.807) is 0 Å². The van der Waals surface area contributed by atoms with Crippen molar-refractivity contribution in [3.8, 4) is 0 Å². The number of carbonyl (C=O) groups excluding carboxylic acids is 1. The van der Waals surface area contributed by atoms with E-state index in [0.29, 0.717) is 4.31 Å². The van der Waals surface area contributed by atoms with Gasteiger partial charge in [-0.25, -0.2) is 14.2 Å². The number of amidine groups is 1. The third-order valence-electron chi connectivity index (χ3n) is 3.18. The summed E-state index contributed by atoms with van der Waals surface area (Å²) < 4.78 is 38.1. The number of carboxylic acid groups (broad SMARTS) is 1. The van der Waals surface area contributed by atoms with E-state index in [0.717, 1.165) is 22.9 Å². The predicted octanol–water partition coefficient (Wildman–Crippen LogP) is 0.507. The molecule has 1 atom stereocenters. The Labute approximate surface area is 158 Å². The van der Waals surface area contributed by atoms with E-state index in [9.17, 15) is 22.7 Å². The van der Waals surface area contributed by atoms with Crippen LogP contribution in [0.1, 0.15) is 16.1 Å². The van der Waals surface area contributed by atoms with Crippen LogP contribution in [0.2, 0.25) is 0 Å². The van der Waals surface area contributed by atoms with Crippen molar-refractivity contribution in [1.29, 1.82) is 5.41 Å². The van der Waals surface area contributed by atoms with Crippen LogP contribution in [0.25, 0.3) is 0 Å². The monoisotopic (exact) mass is 414 g/mol. The molecule has 10 nitrogen and oxygen atoms in total. The first-order valence-electron chi connectivity index (χ1n) is 7.15. The standard InChI is InChI=1S/C14H14FN5O5S2/c15-9-4-8(2-1-7(9)3-11(21)18-5-10(16)17)20(27(24)25)13-12(14(22)23)19-6-26-13/h1-2,4,6H,3,5H2,(H3,16,17)(H,18,21)(H,22,23)(H,24,25)/p-1. The number of nitrogens with two attached hydrogens (primary N) is 1. The van der Waals surface area contributed by atoms with Gasteiger partial charge >= 0.3 is 5.97 Å². The zero-order valence-corrected chi connectivity index (χ0v) is 15.1. The first kappa shape index (κ1) is 20.4. The van der Waals surface area contributed by atoms with Crippen molar-refractivity contribution in [2.75, 3.05) is 10.8 Å². The summed E-state index contributed by atoms with van der Waals surface area (Å²) in [6.45, 7) is -0.176. The second-order valence-corrected chi connectivity index (χ2v) is 6.71. The van der Waals surface area contributed by atoms with E-state index in [-0.39, 0.29) is 35.1 Å². The molecule has 0 fully saturated rings. The third-order valence-corrected chi connectivity index (χ3v) is 4.80. The van der Waals surface area contributed by atoms with Crippen LogP contribution in [0.3, 0.4) is 0 Å². The maximum absolute atomic E-state index is 14.3. The molecule has 144 valence electrons. The number of nitrogens with zero attached hydrogens (tertiary/aromatic N) is 2. The van der Waals surface area contributed by atoms with Gasteiger partial charge < -0.3 is 20.7 Å². The highest BCUT2D eigenvalue weighted by Crippen LogP contribution is 2.34. The number of hydrogen-bond acceptors (Lipinski definition) is 7. The fourth-order valence-electron chi connectivity index (χ4n) is 2.04. The van der Waals surface area contributed by atoms with E-state index in [1.165, 1.54) is 12.1 Å². The number of halogens is 1. The Bertz CT molecular complexity index is 919. The normalized spacial score (nSPS) is 11.6. The van der Waals surface area contributed by atoms with Crippen molar-refractivity contribution in [3.05, 3.63) is 40.8 Å². The quantitative estimate of drug-likeness (QED) is 0.276. The third kappa shape index (κ3) is 5.06. The number of hydrogen-bond donors (Lipinski definition) is 4. The van der Waals surface area contributed by atoms with E-state index in [2.05, 4.69) is 10.3 Å². The Morgan fingerprint density at radius 2 is 2.19 bits per heavy atom. The van der Waals surface area contributed by atoms with Gasteiger partial charge in [-0.3, -0.25) is 18.7 Å². The highest BCUT2D eigenvalue weighted by Gasteiger charge is 2.23. The summed E-state index contributed by atoms with van der Waals surface area (Å²) >= 11 is -2.18. The topological polar surface area (TPSA) is 173 Å². The van der Waals surface area contributed by atoms with Crippen molar-refractivity contribution in [2.45, 2.75) is 6.42 Å². The highest BCUT2D eigenvalue weighted by molar-refractivity contribution is 7.81. The van der Waals surface area contributed by atoms with E-state index < -0.39 is 34.7 Å². The minimum absolute atomic E-state index is 0.0146. The predicted molar refractivity (Wildman–Crippen MR) is 95.2 cm³/mol. The molecule has 0 bridgehead atoms. The molecule has 0 saturated carbocycles. The summed E-state index contributed by atoms with van der Waals surface area (Å²) in [4.78, 5) is 26.4. The fraction of sp³-hybridized carbons (Fsp3) is 0.143. The molecule has 5 N–H and O–H groups in total. The summed E-state index contributed by atoms with van der Waals surface area (Å²) in [5.74, 6) is -3.12. The zero-order chi connectivity index (χ0) is 20.1. The molecule has 2 aromatic rings. The first-order valence-corrected chi connectivity index (χ1v) is 9.06. The summed E-state index contributed by atoms with van der Waals surface area (Å²) in [6.07, 6.45) is -0.346. The number of carbonyl (C=O) groups is 2. The average molecular weight is 414 g/mol. The molecule has 0 saturated heterocycles. The largest absolute Gasteiger partial charge is 0.755 e. The molecule has 0 radical (unpaired) electrons. The molecular formula is C14H13FN5O5S2-. The van der Waals surface area contributed by atoms with Crippen LogP contribution in [0, 0.1) is 11.2 Å². The average Bonchev–Trinajstić information content (AvgIpc) is 3.04. The maximum atomic E-state index is 14.3. The number of anilines is 2. The molecule has 1 unspecified atom stereocenters. The molecule has 13 heteroatoms. The highest BCUT2D eigenvalue weighted by atomic mass is 32.2. The maximum Gasteiger partial charge on any atom is 0.357 e. The Morgan fingerprint density at radius 3 is 2.74 bits per heavy atom. The molecule has 0 aliphatic carbocycles.